The predicted octanol–water partition coefficient (Wildman–Crippen LogP) is 1.10. The molecule has 2 nitrogen and oxygen atoms in total. The maximum absolute atomic E-state index is 6.21. The summed E-state index contributed by atoms with van der Waals surface area (Å²) in [5.74, 6) is 1.28. The maximum Gasteiger partial charge on any atom is 0.0180 e. The zero-order valence-electron chi connectivity index (χ0n) is 7.64. The molecular formula is C9H20N2. The molecule has 2 unspecified atom stereocenters. The lowest BCUT2D eigenvalue weighted by Crippen LogP contribution is -2.42. The summed E-state index contributed by atoms with van der Waals surface area (Å²) in [5.41, 5.74) is 11.9. The second kappa shape index (κ2) is 3.11. The minimum Gasteiger partial charge on any atom is -0.330 e. The predicted molar refractivity (Wildman–Crippen MR) is 48.2 cm³/mol. The molecule has 2 atom stereocenters. The van der Waals surface area contributed by atoms with Crippen LogP contribution in [0.1, 0.15) is 33.1 Å². The Balaban J connectivity index is 2.50. The Morgan fingerprint density at radius 2 is 2.18 bits per heavy atom. The topological polar surface area (TPSA) is 52.0 Å². The number of nitrogens with two attached hydrogens (primary N) is 2. The van der Waals surface area contributed by atoms with Gasteiger partial charge >= 0.3 is 0 Å². The molecular weight excluding hydrogens is 136 g/mol. The van der Waals surface area contributed by atoms with Crippen LogP contribution in [0.2, 0.25) is 0 Å². The Morgan fingerprint density at radius 3 is 2.45 bits per heavy atom. The van der Waals surface area contributed by atoms with Crippen LogP contribution in [0.5, 0.6) is 0 Å². The van der Waals surface area contributed by atoms with Gasteiger partial charge in [0, 0.05) is 5.54 Å². The van der Waals surface area contributed by atoms with Gasteiger partial charge in [0.1, 0.15) is 0 Å². The lowest BCUT2D eigenvalue weighted by Gasteiger charge is -2.28. The van der Waals surface area contributed by atoms with Crippen LogP contribution < -0.4 is 11.5 Å². The highest BCUT2D eigenvalue weighted by Crippen LogP contribution is 2.36. The first-order chi connectivity index (χ1) is 5.08. The first kappa shape index (κ1) is 9.01. The van der Waals surface area contributed by atoms with Gasteiger partial charge in [-0.25, -0.2) is 0 Å². The van der Waals surface area contributed by atoms with Crippen LogP contribution in [0.15, 0.2) is 0 Å². The van der Waals surface area contributed by atoms with Gasteiger partial charge in [0.2, 0.25) is 0 Å². The second-order valence-corrected chi connectivity index (χ2v) is 4.23. The quantitative estimate of drug-likeness (QED) is 0.629. The summed E-state index contributed by atoms with van der Waals surface area (Å²) in [6.07, 6.45) is 3.51. The van der Waals surface area contributed by atoms with Crippen molar-refractivity contribution in [3.05, 3.63) is 0 Å². The fourth-order valence-electron chi connectivity index (χ4n) is 1.94. The van der Waals surface area contributed by atoms with E-state index in [0.717, 1.165) is 19.4 Å². The van der Waals surface area contributed by atoms with Gasteiger partial charge in [-0.2, -0.15) is 0 Å². The van der Waals surface area contributed by atoms with Crippen molar-refractivity contribution in [2.24, 2.45) is 23.3 Å². The van der Waals surface area contributed by atoms with Crippen molar-refractivity contribution in [2.75, 3.05) is 6.54 Å². The summed E-state index contributed by atoms with van der Waals surface area (Å²) < 4.78 is 0. The number of hydrogen-bond donors (Lipinski definition) is 2. The highest BCUT2D eigenvalue weighted by atomic mass is 14.8. The summed E-state index contributed by atoms with van der Waals surface area (Å²) in [6, 6.07) is 0. The van der Waals surface area contributed by atoms with Gasteiger partial charge in [-0.1, -0.05) is 13.8 Å². The van der Waals surface area contributed by atoms with Crippen LogP contribution >= 0.6 is 0 Å². The highest BCUT2D eigenvalue weighted by Gasteiger charge is 2.37. The Morgan fingerprint density at radius 1 is 1.55 bits per heavy atom. The molecule has 1 aliphatic carbocycles. The van der Waals surface area contributed by atoms with Crippen molar-refractivity contribution >= 4 is 0 Å². The maximum atomic E-state index is 6.21. The normalized spacial score (nSPS) is 38.5. The van der Waals surface area contributed by atoms with Crippen molar-refractivity contribution in [1.29, 1.82) is 0 Å². The van der Waals surface area contributed by atoms with Crippen molar-refractivity contribution in [3.8, 4) is 0 Å². The molecule has 0 bridgehead atoms. The molecule has 1 fully saturated rings. The minimum atomic E-state index is 0.0873. The average molecular weight is 156 g/mol. The Labute approximate surface area is 69.3 Å². The summed E-state index contributed by atoms with van der Waals surface area (Å²) in [6.45, 7) is 5.23. The third-order valence-corrected chi connectivity index (χ3v) is 3.17. The van der Waals surface area contributed by atoms with Gasteiger partial charge in [-0.15, -0.1) is 0 Å². The van der Waals surface area contributed by atoms with Gasteiger partial charge in [-0.05, 0) is 37.6 Å². The van der Waals surface area contributed by atoms with Crippen molar-refractivity contribution in [2.45, 2.75) is 38.6 Å². The van der Waals surface area contributed by atoms with E-state index in [0.29, 0.717) is 11.8 Å². The molecule has 0 aromatic heterocycles. The second-order valence-electron chi connectivity index (χ2n) is 4.23. The van der Waals surface area contributed by atoms with Gasteiger partial charge in [0.25, 0.3) is 0 Å². The van der Waals surface area contributed by atoms with Gasteiger partial charge in [-0.3, -0.25) is 0 Å². The summed E-state index contributed by atoms with van der Waals surface area (Å²) >= 11 is 0. The molecule has 1 rings (SSSR count). The van der Waals surface area contributed by atoms with E-state index in [1.54, 1.807) is 0 Å². The minimum absolute atomic E-state index is 0.0873. The lowest BCUT2D eigenvalue weighted by atomic mass is 9.85. The van der Waals surface area contributed by atoms with E-state index in [1.807, 2.05) is 0 Å². The third kappa shape index (κ3) is 1.74. The Hall–Kier alpha value is -0.0800. The van der Waals surface area contributed by atoms with Crippen LogP contribution in [0.4, 0.5) is 0 Å². The van der Waals surface area contributed by atoms with E-state index in [-0.39, 0.29) is 5.54 Å². The van der Waals surface area contributed by atoms with E-state index in [1.165, 1.54) is 6.42 Å². The summed E-state index contributed by atoms with van der Waals surface area (Å²) in [5, 5.41) is 0. The summed E-state index contributed by atoms with van der Waals surface area (Å²) in [7, 11) is 0. The molecule has 0 aliphatic heterocycles. The fraction of sp³-hybridized carbons (Fsp3) is 1.00. The molecule has 66 valence electrons. The lowest BCUT2D eigenvalue weighted by molar-refractivity contribution is 0.307. The SMILES string of the molecule is CC(C)C1(N)CCC(CN)C1. The monoisotopic (exact) mass is 156 g/mol. The molecule has 0 aromatic carbocycles. The molecule has 2 heteroatoms. The van der Waals surface area contributed by atoms with Gasteiger partial charge < -0.3 is 11.5 Å². The van der Waals surface area contributed by atoms with Gasteiger partial charge in [0.15, 0.2) is 0 Å². The van der Waals surface area contributed by atoms with E-state index >= 15 is 0 Å². The molecule has 0 saturated heterocycles. The van der Waals surface area contributed by atoms with Crippen LogP contribution in [0.3, 0.4) is 0 Å². The standard InChI is InChI=1S/C9H20N2/c1-7(2)9(11)4-3-8(5-9)6-10/h7-8H,3-6,10-11H2,1-2H3. The van der Waals surface area contributed by atoms with E-state index < -0.39 is 0 Å². The van der Waals surface area contributed by atoms with E-state index in [2.05, 4.69) is 13.8 Å². The number of rotatable bonds is 2. The number of hydrogen-bond acceptors (Lipinski definition) is 2. The molecule has 0 aromatic rings. The zero-order valence-corrected chi connectivity index (χ0v) is 7.64. The molecule has 0 spiro atoms. The zero-order chi connectivity index (χ0) is 8.48. The van der Waals surface area contributed by atoms with Crippen molar-refractivity contribution in [3.63, 3.8) is 0 Å². The molecule has 11 heavy (non-hydrogen) atoms. The molecule has 0 amide bonds. The smallest absolute Gasteiger partial charge is 0.0180 e. The molecule has 0 heterocycles. The molecule has 4 N–H and O–H groups in total. The first-order valence-electron chi connectivity index (χ1n) is 4.57. The van der Waals surface area contributed by atoms with Gasteiger partial charge in [0.05, 0.1) is 0 Å². The first-order valence-corrected chi connectivity index (χ1v) is 4.57. The third-order valence-electron chi connectivity index (χ3n) is 3.17. The van der Waals surface area contributed by atoms with Crippen LogP contribution in [0.25, 0.3) is 0 Å². The van der Waals surface area contributed by atoms with Crippen molar-refractivity contribution in [1.82, 2.24) is 0 Å². The van der Waals surface area contributed by atoms with Crippen LogP contribution in [-0.2, 0) is 0 Å². The van der Waals surface area contributed by atoms with Crippen LogP contribution in [-0.4, -0.2) is 12.1 Å². The Kier molecular flexibility index (Phi) is 2.55. The fourth-order valence-corrected chi connectivity index (χ4v) is 1.94. The molecule has 1 saturated carbocycles. The Bertz CT molecular complexity index is 134. The molecule has 0 radical (unpaired) electrons. The average Bonchev–Trinajstić information content (AvgIpc) is 2.33. The van der Waals surface area contributed by atoms with E-state index in [9.17, 15) is 0 Å². The largest absolute Gasteiger partial charge is 0.330 e. The van der Waals surface area contributed by atoms with Crippen molar-refractivity contribution < 1.29 is 0 Å². The molecule has 1 aliphatic rings. The van der Waals surface area contributed by atoms with Crippen LogP contribution in [0, 0.1) is 11.8 Å². The summed E-state index contributed by atoms with van der Waals surface area (Å²) in [4.78, 5) is 0. The highest BCUT2D eigenvalue weighted by molar-refractivity contribution is 4.95. The van der Waals surface area contributed by atoms with E-state index in [4.69, 9.17) is 11.5 Å².